The Hall–Kier alpha value is -1.96. The third kappa shape index (κ3) is 2.76. The van der Waals surface area contributed by atoms with Crippen molar-refractivity contribution in [1.82, 2.24) is 4.98 Å². The van der Waals surface area contributed by atoms with Crippen molar-refractivity contribution in [3.63, 3.8) is 0 Å². The van der Waals surface area contributed by atoms with Crippen molar-refractivity contribution >= 4 is 11.5 Å². The van der Waals surface area contributed by atoms with E-state index < -0.39 is 0 Å². The number of nitriles is 1. The molecule has 5 nitrogen and oxygen atoms in total. The van der Waals surface area contributed by atoms with Gasteiger partial charge in [0, 0.05) is 12.6 Å². The molecule has 1 rings (SSSR count). The summed E-state index contributed by atoms with van der Waals surface area (Å²) in [5.74, 6) is 0.936. The fourth-order valence-corrected chi connectivity index (χ4v) is 1.24. The molecule has 0 aliphatic heterocycles. The number of ether oxygens (including phenoxy) is 1. The van der Waals surface area contributed by atoms with Crippen LogP contribution in [0.4, 0.5) is 11.5 Å². The number of nitrogens with two attached hydrogens (primary N) is 1. The van der Waals surface area contributed by atoms with Gasteiger partial charge in [-0.15, -0.1) is 0 Å². The summed E-state index contributed by atoms with van der Waals surface area (Å²) in [4.78, 5) is 4.20. The molecule has 1 heterocycles. The number of pyridine rings is 1. The van der Waals surface area contributed by atoms with Crippen LogP contribution in [0.3, 0.4) is 0 Å². The number of nitrogens with one attached hydrogen (secondary N) is 1. The molecule has 86 valence electrons. The van der Waals surface area contributed by atoms with Crippen LogP contribution >= 0.6 is 0 Å². The number of hydrogen-bond donors (Lipinski definition) is 2. The average molecular weight is 220 g/mol. The first-order valence-corrected chi connectivity index (χ1v) is 5.30. The second kappa shape index (κ2) is 5.81. The van der Waals surface area contributed by atoms with Crippen molar-refractivity contribution in [2.45, 2.75) is 20.3 Å². The molecule has 0 aliphatic carbocycles. The lowest BCUT2D eigenvalue weighted by atomic mass is 10.2. The zero-order valence-electron chi connectivity index (χ0n) is 9.58. The average Bonchev–Trinajstić information content (AvgIpc) is 2.26. The monoisotopic (exact) mass is 220 g/mol. The van der Waals surface area contributed by atoms with E-state index in [1.807, 2.05) is 13.0 Å². The number of aromatic nitrogens is 1. The fraction of sp³-hybridized carbons (Fsp3) is 0.455. The lowest BCUT2D eigenvalue weighted by molar-refractivity contribution is 0.326. The standard InChI is InChI=1S/C11H16N4O/c1-3-5-14-10-6-9(13)8(7-12)11(15-10)16-4-2/h6H,3-5H2,1-2H3,(H3,13,14,15). The molecule has 1 aromatic heterocycles. The van der Waals surface area contributed by atoms with Crippen LogP contribution in [0, 0.1) is 11.3 Å². The van der Waals surface area contributed by atoms with Crippen molar-refractivity contribution in [2.24, 2.45) is 0 Å². The smallest absolute Gasteiger partial charge is 0.235 e. The molecule has 3 N–H and O–H groups in total. The summed E-state index contributed by atoms with van der Waals surface area (Å²) in [5, 5.41) is 12.0. The number of anilines is 2. The zero-order chi connectivity index (χ0) is 12.0. The van der Waals surface area contributed by atoms with E-state index in [9.17, 15) is 0 Å². The summed E-state index contributed by atoms with van der Waals surface area (Å²) >= 11 is 0. The van der Waals surface area contributed by atoms with Crippen LogP contribution in [0.25, 0.3) is 0 Å². The van der Waals surface area contributed by atoms with Crippen LogP contribution in [0.2, 0.25) is 0 Å². The topological polar surface area (TPSA) is 84.0 Å². The molecular weight excluding hydrogens is 204 g/mol. The number of rotatable bonds is 5. The highest BCUT2D eigenvalue weighted by molar-refractivity contribution is 5.64. The maximum Gasteiger partial charge on any atom is 0.235 e. The summed E-state index contributed by atoms with van der Waals surface area (Å²) in [6, 6.07) is 3.64. The van der Waals surface area contributed by atoms with Crippen molar-refractivity contribution in [3.05, 3.63) is 11.6 Å². The Kier molecular flexibility index (Phi) is 4.40. The van der Waals surface area contributed by atoms with Gasteiger partial charge in [-0.05, 0) is 13.3 Å². The minimum atomic E-state index is 0.295. The quantitative estimate of drug-likeness (QED) is 0.789. The molecule has 0 fully saturated rings. The first-order valence-electron chi connectivity index (χ1n) is 5.30. The van der Waals surface area contributed by atoms with E-state index in [-0.39, 0.29) is 0 Å². The van der Waals surface area contributed by atoms with Gasteiger partial charge in [-0.3, -0.25) is 0 Å². The summed E-state index contributed by atoms with van der Waals surface area (Å²) in [6.07, 6.45) is 0.992. The number of nitrogens with zero attached hydrogens (tertiary/aromatic N) is 2. The molecule has 0 saturated carbocycles. The van der Waals surface area contributed by atoms with Gasteiger partial charge in [0.1, 0.15) is 17.5 Å². The minimum absolute atomic E-state index is 0.295. The van der Waals surface area contributed by atoms with Gasteiger partial charge in [-0.25, -0.2) is 0 Å². The van der Waals surface area contributed by atoms with Gasteiger partial charge >= 0.3 is 0 Å². The van der Waals surface area contributed by atoms with E-state index >= 15 is 0 Å². The molecule has 5 heteroatoms. The highest BCUT2D eigenvalue weighted by Crippen LogP contribution is 2.24. The van der Waals surface area contributed by atoms with Crippen LogP contribution in [-0.4, -0.2) is 18.1 Å². The van der Waals surface area contributed by atoms with Gasteiger partial charge in [-0.2, -0.15) is 10.2 Å². The SMILES string of the molecule is CCCNc1cc(N)c(C#N)c(OCC)n1. The van der Waals surface area contributed by atoms with Gasteiger partial charge in [0.15, 0.2) is 0 Å². The molecule has 0 unspecified atom stereocenters. The van der Waals surface area contributed by atoms with Crippen LogP contribution in [0.1, 0.15) is 25.8 Å². The van der Waals surface area contributed by atoms with Gasteiger partial charge in [0.05, 0.1) is 12.3 Å². The molecule has 0 atom stereocenters. The summed E-state index contributed by atoms with van der Waals surface area (Å²) in [6.45, 7) is 5.16. The molecule has 0 aromatic carbocycles. The van der Waals surface area contributed by atoms with Gasteiger partial charge in [-0.1, -0.05) is 6.92 Å². The molecular formula is C11H16N4O. The molecule has 0 spiro atoms. The normalized spacial score (nSPS) is 9.56. The van der Waals surface area contributed by atoms with Gasteiger partial charge < -0.3 is 15.8 Å². The largest absolute Gasteiger partial charge is 0.477 e. The third-order valence-electron chi connectivity index (χ3n) is 1.97. The lowest BCUT2D eigenvalue weighted by Gasteiger charge is -2.10. The second-order valence-corrected chi connectivity index (χ2v) is 3.25. The Morgan fingerprint density at radius 2 is 2.31 bits per heavy atom. The van der Waals surface area contributed by atoms with Crippen LogP contribution in [0.15, 0.2) is 6.07 Å². The minimum Gasteiger partial charge on any atom is -0.477 e. The highest BCUT2D eigenvalue weighted by Gasteiger charge is 2.11. The Morgan fingerprint density at radius 3 is 2.88 bits per heavy atom. The summed E-state index contributed by atoms with van der Waals surface area (Å²) in [5.41, 5.74) is 6.44. The number of hydrogen-bond acceptors (Lipinski definition) is 5. The Balaban J connectivity index is 3.03. The van der Waals surface area contributed by atoms with Crippen LogP contribution in [-0.2, 0) is 0 Å². The molecule has 0 aliphatic rings. The van der Waals surface area contributed by atoms with E-state index in [0.717, 1.165) is 13.0 Å². The summed E-state index contributed by atoms with van der Waals surface area (Å²) < 4.78 is 5.28. The van der Waals surface area contributed by atoms with Crippen molar-refractivity contribution in [1.29, 1.82) is 5.26 Å². The Labute approximate surface area is 95.2 Å². The molecule has 16 heavy (non-hydrogen) atoms. The van der Waals surface area contributed by atoms with E-state index in [0.29, 0.717) is 29.6 Å². The van der Waals surface area contributed by atoms with Crippen molar-refractivity contribution in [2.75, 3.05) is 24.2 Å². The van der Waals surface area contributed by atoms with Crippen LogP contribution in [0.5, 0.6) is 5.88 Å². The van der Waals surface area contributed by atoms with Crippen LogP contribution < -0.4 is 15.8 Å². The predicted molar refractivity (Wildman–Crippen MR) is 63.3 cm³/mol. The first kappa shape index (κ1) is 12.1. The number of nitrogen functional groups attached to an aromatic ring is 1. The van der Waals surface area contributed by atoms with Gasteiger partial charge in [0.2, 0.25) is 5.88 Å². The van der Waals surface area contributed by atoms with E-state index in [2.05, 4.69) is 17.2 Å². The fourth-order valence-electron chi connectivity index (χ4n) is 1.24. The van der Waals surface area contributed by atoms with Crippen molar-refractivity contribution < 1.29 is 4.74 Å². The summed E-state index contributed by atoms with van der Waals surface area (Å²) in [7, 11) is 0. The second-order valence-electron chi connectivity index (χ2n) is 3.25. The maximum atomic E-state index is 8.92. The lowest BCUT2D eigenvalue weighted by Crippen LogP contribution is -2.07. The van der Waals surface area contributed by atoms with Crippen molar-refractivity contribution in [3.8, 4) is 11.9 Å². The molecule has 0 saturated heterocycles. The first-order chi connectivity index (χ1) is 7.72. The third-order valence-corrected chi connectivity index (χ3v) is 1.97. The maximum absolute atomic E-state index is 8.92. The van der Waals surface area contributed by atoms with E-state index in [1.54, 1.807) is 6.07 Å². The zero-order valence-corrected chi connectivity index (χ0v) is 9.58. The Morgan fingerprint density at radius 1 is 1.56 bits per heavy atom. The molecule has 0 amide bonds. The molecule has 0 bridgehead atoms. The predicted octanol–water partition coefficient (Wildman–Crippen LogP) is 1.76. The Bertz CT molecular complexity index is 398. The van der Waals surface area contributed by atoms with Gasteiger partial charge in [0.25, 0.3) is 0 Å². The van der Waals surface area contributed by atoms with E-state index in [4.69, 9.17) is 15.7 Å². The highest BCUT2D eigenvalue weighted by atomic mass is 16.5. The van der Waals surface area contributed by atoms with E-state index in [1.165, 1.54) is 0 Å². The molecule has 0 radical (unpaired) electrons. The molecule has 1 aromatic rings.